The second kappa shape index (κ2) is 11.5. The number of methoxy groups -OCH3 is 1. The summed E-state index contributed by atoms with van der Waals surface area (Å²) in [6, 6.07) is 23.7. The molecule has 0 aliphatic heterocycles. The molecule has 0 aliphatic carbocycles. The number of hydrogen-bond donors (Lipinski definition) is 1. The van der Waals surface area contributed by atoms with E-state index in [9.17, 15) is 9.59 Å². The van der Waals surface area contributed by atoms with Gasteiger partial charge < -0.3 is 4.74 Å². The van der Waals surface area contributed by atoms with Crippen molar-refractivity contribution in [1.29, 1.82) is 0 Å². The van der Waals surface area contributed by atoms with Crippen LogP contribution in [0.25, 0.3) is 17.1 Å². The van der Waals surface area contributed by atoms with Crippen LogP contribution in [0.15, 0.2) is 89.1 Å². The fourth-order valence-electron chi connectivity index (χ4n) is 3.12. The normalized spacial score (nSPS) is 10.9. The van der Waals surface area contributed by atoms with Crippen LogP contribution in [0.3, 0.4) is 0 Å². The van der Waals surface area contributed by atoms with Gasteiger partial charge in [-0.2, -0.15) is 5.10 Å². The Kier molecular flexibility index (Phi) is 7.92. The number of aromatic nitrogens is 3. The van der Waals surface area contributed by atoms with E-state index in [1.54, 1.807) is 36.4 Å². The van der Waals surface area contributed by atoms with E-state index in [0.29, 0.717) is 21.6 Å². The molecule has 35 heavy (non-hydrogen) atoms. The Balaban J connectivity index is 1.44. The Hall–Kier alpha value is -3.95. The molecule has 1 N–H and O–H groups in total. The maximum absolute atomic E-state index is 12.4. The average molecular weight is 506 g/mol. The van der Waals surface area contributed by atoms with E-state index in [4.69, 9.17) is 11.6 Å². The molecule has 0 saturated heterocycles. The molecule has 176 valence electrons. The predicted molar refractivity (Wildman–Crippen MR) is 136 cm³/mol. The van der Waals surface area contributed by atoms with E-state index in [1.807, 2.05) is 47.0 Å². The van der Waals surface area contributed by atoms with Gasteiger partial charge in [-0.05, 0) is 42.0 Å². The number of rotatable bonds is 8. The van der Waals surface area contributed by atoms with Crippen molar-refractivity contribution in [3.63, 3.8) is 0 Å². The van der Waals surface area contributed by atoms with Crippen molar-refractivity contribution in [2.75, 3.05) is 12.9 Å². The first-order valence-electron chi connectivity index (χ1n) is 10.4. The molecule has 1 amide bonds. The van der Waals surface area contributed by atoms with Crippen LogP contribution in [0.4, 0.5) is 0 Å². The number of carbonyl (C=O) groups is 2. The molecule has 10 heteroatoms. The molecule has 0 radical (unpaired) electrons. The number of halogens is 1. The largest absolute Gasteiger partial charge is 0.465 e. The highest BCUT2D eigenvalue weighted by atomic mass is 35.5. The lowest BCUT2D eigenvalue weighted by Gasteiger charge is -2.10. The van der Waals surface area contributed by atoms with Gasteiger partial charge in [0.25, 0.3) is 5.91 Å². The van der Waals surface area contributed by atoms with Gasteiger partial charge in [0.1, 0.15) is 0 Å². The first kappa shape index (κ1) is 24.2. The number of esters is 1. The lowest BCUT2D eigenvalue weighted by molar-refractivity contribution is -0.118. The van der Waals surface area contributed by atoms with Crippen LogP contribution in [0, 0.1) is 0 Å². The van der Waals surface area contributed by atoms with Crippen LogP contribution in [0.5, 0.6) is 0 Å². The number of hydrogen-bond acceptors (Lipinski definition) is 7. The van der Waals surface area contributed by atoms with Crippen molar-refractivity contribution in [1.82, 2.24) is 20.2 Å². The Morgan fingerprint density at radius 2 is 1.74 bits per heavy atom. The Bertz CT molecular complexity index is 1340. The van der Waals surface area contributed by atoms with Crippen LogP contribution in [0.1, 0.15) is 15.9 Å². The van der Waals surface area contributed by atoms with Crippen LogP contribution < -0.4 is 5.43 Å². The van der Waals surface area contributed by atoms with E-state index in [-0.39, 0.29) is 11.7 Å². The molecule has 1 aromatic heterocycles. The molecule has 0 aliphatic rings. The van der Waals surface area contributed by atoms with E-state index in [2.05, 4.69) is 25.5 Å². The molecule has 0 bridgehead atoms. The third-order valence-electron chi connectivity index (χ3n) is 4.82. The van der Waals surface area contributed by atoms with Gasteiger partial charge in [-0.25, -0.2) is 10.2 Å². The first-order chi connectivity index (χ1) is 17.0. The predicted octanol–water partition coefficient (Wildman–Crippen LogP) is 4.62. The molecule has 0 fully saturated rings. The minimum Gasteiger partial charge on any atom is -0.465 e. The zero-order chi connectivity index (χ0) is 24.6. The molecule has 4 aromatic rings. The van der Waals surface area contributed by atoms with Gasteiger partial charge in [-0.15, -0.1) is 10.2 Å². The summed E-state index contributed by atoms with van der Waals surface area (Å²) in [6.45, 7) is 0. The second-order valence-electron chi connectivity index (χ2n) is 7.18. The van der Waals surface area contributed by atoms with Gasteiger partial charge >= 0.3 is 5.97 Å². The smallest absolute Gasteiger partial charge is 0.337 e. The summed E-state index contributed by atoms with van der Waals surface area (Å²) in [5, 5.41) is 13.8. The summed E-state index contributed by atoms with van der Waals surface area (Å²) in [5.74, 6) is 0.0216. The number of benzene rings is 3. The zero-order valence-electron chi connectivity index (χ0n) is 18.6. The first-order valence-corrected chi connectivity index (χ1v) is 11.8. The highest BCUT2D eigenvalue weighted by Crippen LogP contribution is 2.28. The third-order valence-corrected chi connectivity index (χ3v) is 6.00. The van der Waals surface area contributed by atoms with Crippen LogP contribution >= 0.6 is 23.4 Å². The second-order valence-corrected chi connectivity index (χ2v) is 8.56. The van der Waals surface area contributed by atoms with Crippen LogP contribution in [0.2, 0.25) is 5.02 Å². The standard InChI is InChI=1S/C25H20ClN5O3S/c1-34-24(33)19-9-7-17(8-10-19)15-27-28-22(32)16-35-25-30-29-23(18-5-3-2-4-6-18)31(25)21-13-11-20(26)12-14-21/h2-15H,16H2,1H3,(H,28,32)/b27-15-. The molecule has 8 nitrogen and oxygen atoms in total. The quantitative estimate of drug-likeness (QED) is 0.162. The van der Waals surface area contributed by atoms with Crippen molar-refractivity contribution in [3.05, 3.63) is 95.0 Å². The maximum atomic E-state index is 12.4. The van der Waals surface area contributed by atoms with Crippen molar-refractivity contribution < 1.29 is 14.3 Å². The maximum Gasteiger partial charge on any atom is 0.337 e. The lowest BCUT2D eigenvalue weighted by atomic mass is 10.1. The van der Waals surface area contributed by atoms with Gasteiger partial charge in [0.15, 0.2) is 11.0 Å². The highest BCUT2D eigenvalue weighted by molar-refractivity contribution is 7.99. The van der Waals surface area contributed by atoms with Gasteiger partial charge in [-0.1, -0.05) is 65.8 Å². The fraction of sp³-hybridized carbons (Fsp3) is 0.0800. The molecule has 1 heterocycles. The van der Waals surface area contributed by atoms with Gasteiger partial charge in [0.2, 0.25) is 0 Å². The lowest BCUT2D eigenvalue weighted by Crippen LogP contribution is -2.20. The minimum absolute atomic E-state index is 0.0825. The van der Waals surface area contributed by atoms with Crippen molar-refractivity contribution in [2.24, 2.45) is 5.10 Å². The van der Waals surface area contributed by atoms with E-state index >= 15 is 0 Å². The van der Waals surface area contributed by atoms with Gasteiger partial charge in [0.05, 0.1) is 24.6 Å². The molecule has 0 spiro atoms. The van der Waals surface area contributed by atoms with E-state index < -0.39 is 5.97 Å². The number of hydrazone groups is 1. The number of nitrogens with one attached hydrogen (secondary N) is 1. The van der Waals surface area contributed by atoms with Gasteiger partial charge in [-0.3, -0.25) is 9.36 Å². The third kappa shape index (κ3) is 6.14. The molecular formula is C25H20ClN5O3S. The number of nitrogens with zero attached hydrogens (tertiary/aromatic N) is 4. The molecule has 4 rings (SSSR count). The van der Waals surface area contributed by atoms with Crippen molar-refractivity contribution in [3.8, 4) is 17.1 Å². The summed E-state index contributed by atoms with van der Waals surface area (Å²) in [7, 11) is 1.33. The Morgan fingerprint density at radius 3 is 2.43 bits per heavy atom. The summed E-state index contributed by atoms with van der Waals surface area (Å²) >= 11 is 7.30. The topological polar surface area (TPSA) is 98.5 Å². The summed E-state index contributed by atoms with van der Waals surface area (Å²) in [6.07, 6.45) is 1.49. The molecule has 0 unspecified atom stereocenters. The SMILES string of the molecule is COC(=O)c1ccc(/C=N\NC(=O)CSc2nnc(-c3ccccc3)n2-c2ccc(Cl)cc2)cc1. The summed E-state index contributed by atoms with van der Waals surface area (Å²) in [4.78, 5) is 23.9. The minimum atomic E-state index is -0.416. The van der Waals surface area contributed by atoms with E-state index in [1.165, 1.54) is 25.1 Å². The monoisotopic (exact) mass is 505 g/mol. The molecule has 3 aromatic carbocycles. The van der Waals surface area contributed by atoms with Crippen molar-refractivity contribution >= 4 is 41.5 Å². The highest BCUT2D eigenvalue weighted by Gasteiger charge is 2.17. The van der Waals surface area contributed by atoms with Gasteiger partial charge in [0, 0.05) is 16.3 Å². The summed E-state index contributed by atoms with van der Waals surface area (Å²) < 4.78 is 6.56. The average Bonchev–Trinajstić information content (AvgIpc) is 3.32. The number of carbonyl (C=O) groups excluding carboxylic acids is 2. The molecular weight excluding hydrogens is 486 g/mol. The number of amides is 1. The van der Waals surface area contributed by atoms with Crippen LogP contribution in [-0.4, -0.2) is 45.7 Å². The fourth-order valence-corrected chi connectivity index (χ4v) is 4.00. The van der Waals surface area contributed by atoms with Crippen molar-refractivity contribution in [2.45, 2.75) is 5.16 Å². The van der Waals surface area contributed by atoms with E-state index in [0.717, 1.165) is 16.8 Å². The van der Waals surface area contributed by atoms with Crippen LogP contribution in [-0.2, 0) is 9.53 Å². The Morgan fingerprint density at radius 1 is 1.03 bits per heavy atom. The summed E-state index contributed by atoms with van der Waals surface area (Å²) in [5.41, 5.74) is 5.38. The zero-order valence-corrected chi connectivity index (χ0v) is 20.2. The Labute approximate surface area is 211 Å². The molecule has 0 saturated carbocycles. The number of ether oxygens (including phenoxy) is 1. The molecule has 0 atom stereocenters. The number of thioether (sulfide) groups is 1.